The highest BCUT2D eigenvalue weighted by Crippen LogP contribution is 2.20. The van der Waals surface area contributed by atoms with Crippen molar-refractivity contribution in [1.29, 1.82) is 0 Å². The number of nitrogens with one attached hydrogen (secondary N) is 1. The van der Waals surface area contributed by atoms with Crippen molar-refractivity contribution in [3.8, 4) is 0 Å². The third-order valence-electron chi connectivity index (χ3n) is 3.28. The first-order valence-corrected chi connectivity index (χ1v) is 7.93. The Morgan fingerprint density at radius 1 is 1.26 bits per heavy atom. The summed E-state index contributed by atoms with van der Waals surface area (Å²) in [5.74, 6) is 1.34. The molecule has 108 valence electrons. The van der Waals surface area contributed by atoms with E-state index in [1.807, 2.05) is 0 Å². The molecule has 0 radical (unpaired) electrons. The number of nitrogens with two attached hydrogens (primary N) is 1. The van der Waals surface area contributed by atoms with Gasteiger partial charge in [0, 0.05) is 18.8 Å². The lowest BCUT2D eigenvalue weighted by Gasteiger charge is -2.25. The number of hydrogen-bond acceptors (Lipinski definition) is 4. The van der Waals surface area contributed by atoms with Crippen LogP contribution >= 0.6 is 0 Å². The van der Waals surface area contributed by atoms with E-state index in [0.29, 0.717) is 24.3 Å². The molecule has 3 N–H and O–H groups in total. The first kappa shape index (κ1) is 15.9. The van der Waals surface area contributed by atoms with Gasteiger partial charge in [-0.05, 0) is 23.8 Å². The summed E-state index contributed by atoms with van der Waals surface area (Å²) in [5, 5.41) is 0. The second-order valence-corrected chi connectivity index (χ2v) is 7.19. The molecule has 1 aromatic rings. The topological polar surface area (TPSA) is 85.1 Å². The summed E-state index contributed by atoms with van der Waals surface area (Å²) in [6, 6.07) is 2.81. The SMILES string of the molecule is CC(C)C(CNS(=O)(=O)c1ccnc(N)c1)C(C)C. The van der Waals surface area contributed by atoms with Crippen molar-refractivity contribution in [1.82, 2.24) is 9.71 Å². The molecule has 0 bridgehead atoms. The molecule has 0 aliphatic carbocycles. The average molecular weight is 285 g/mol. The van der Waals surface area contributed by atoms with Crippen molar-refractivity contribution in [2.24, 2.45) is 17.8 Å². The van der Waals surface area contributed by atoms with Gasteiger partial charge in [-0.1, -0.05) is 27.7 Å². The fourth-order valence-electron chi connectivity index (χ4n) is 2.13. The second kappa shape index (κ2) is 6.34. The van der Waals surface area contributed by atoms with Crippen LogP contribution < -0.4 is 10.5 Å². The van der Waals surface area contributed by atoms with Crippen molar-refractivity contribution < 1.29 is 8.42 Å². The van der Waals surface area contributed by atoms with Gasteiger partial charge in [0.15, 0.2) is 0 Å². The van der Waals surface area contributed by atoms with Gasteiger partial charge in [0.2, 0.25) is 10.0 Å². The molecule has 0 saturated heterocycles. The van der Waals surface area contributed by atoms with E-state index < -0.39 is 10.0 Å². The monoisotopic (exact) mass is 285 g/mol. The minimum atomic E-state index is -3.51. The zero-order valence-corrected chi connectivity index (χ0v) is 12.7. The Kier molecular flexibility index (Phi) is 5.31. The van der Waals surface area contributed by atoms with Gasteiger partial charge in [-0.3, -0.25) is 0 Å². The largest absolute Gasteiger partial charge is 0.384 e. The van der Waals surface area contributed by atoms with Crippen molar-refractivity contribution in [2.75, 3.05) is 12.3 Å². The molecule has 0 aliphatic heterocycles. The second-order valence-electron chi connectivity index (χ2n) is 5.42. The fraction of sp³-hybridized carbons (Fsp3) is 0.615. The molecular weight excluding hydrogens is 262 g/mol. The predicted molar refractivity (Wildman–Crippen MR) is 77.0 cm³/mol. The van der Waals surface area contributed by atoms with E-state index in [1.54, 1.807) is 0 Å². The molecule has 0 fully saturated rings. The van der Waals surface area contributed by atoms with E-state index in [0.717, 1.165) is 0 Å². The summed E-state index contributed by atoms with van der Waals surface area (Å²) in [5.41, 5.74) is 5.50. The van der Waals surface area contributed by atoms with Crippen LogP contribution in [0.3, 0.4) is 0 Å². The Balaban J connectivity index is 2.81. The summed E-state index contributed by atoms with van der Waals surface area (Å²) >= 11 is 0. The van der Waals surface area contributed by atoms with Crippen molar-refractivity contribution in [3.05, 3.63) is 18.3 Å². The summed E-state index contributed by atoms with van der Waals surface area (Å²) in [6.07, 6.45) is 1.40. The maximum Gasteiger partial charge on any atom is 0.240 e. The molecule has 0 saturated carbocycles. The number of anilines is 1. The minimum absolute atomic E-state index is 0.159. The number of rotatable bonds is 6. The lowest BCUT2D eigenvalue weighted by Crippen LogP contribution is -2.34. The summed E-state index contributed by atoms with van der Waals surface area (Å²) in [6.45, 7) is 8.83. The molecule has 5 nitrogen and oxygen atoms in total. The Labute approximate surface area is 115 Å². The smallest absolute Gasteiger partial charge is 0.240 e. The quantitative estimate of drug-likeness (QED) is 0.835. The highest BCUT2D eigenvalue weighted by atomic mass is 32.2. The van der Waals surface area contributed by atoms with E-state index in [1.165, 1.54) is 18.3 Å². The van der Waals surface area contributed by atoms with Crippen LogP contribution in [0.5, 0.6) is 0 Å². The summed E-state index contributed by atoms with van der Waals surface area (Å²) < 4.78 is 26.9. The number of pyridine rings is 1. The molecule has 19 heavy (non-hydrogen) atoms. The number of aromatic nitrogens is 1. The van der Waals surface area contributed by atoms with Crippen LogP contribution in [0.4, 0.5) is 5.82 Å². The van der Waals surface area contributed by atoms with Crippen LogP contribution in [0.15, 0.2) is 23.2 Å². The van der Waals surface area contributed by atoms with Crippen LogP contribution in [0.2, 0.25) is 0 Å². The zero-order chi connectivity index (χ0) is 14.6. The van der Waals surface area contributed by atoms with Gasteiger partial charge in [0.25, 0.3) is 0 Å². The van der Waals surface area contributed by atoms with Crippen molar-refractivity contribution in [3.63, 3.8) is 0 Å². The summed E-state index contributed by atoms with van der Waals surface area (Å²) in [7, 11) is -3.51. The van der Waals surface area contributed by atoms with Crippen LogP contribution in [0.1, 0.15) is 27.7 Å². The Morgan fingerprint density at radius 2 is 1.84 bits per heavy atom. The van der Waals surface area contributed by atoms with E-state index in [4.69, 9.17) is 5.73 Å². The van der Waals surface area contributed by atoms with Gasteiger partial charge >= 0.3 is 0 Å². The third-order valence-corrected chi connectivity index (χ3v) is 4.71. The molecule has 0 aliphatic rings. The lowest BCUT2D eigenvalue weighted by atomic mass is 9.86. The maximum atomic E-state index is 12.1. The first-order valence-electron chi connectivity index (χ1n) is 6.45. The van der Waals surface area contributed by atoms with Crippen LogP contribution in [-0.2, 0) is 10.0 Å². The molecule has 0 spiro atoms. The highest BCUT2D eigenvalue weighted by molar-refractivity contribution is 7.89. The standard InChI is InChI=1S/C13H23N3O2S/c1-9(2)12(10(3)4)8-16-19(17,18)11-5-6-15-13(14)7-11/h5-7,9-10,12,16H,8H2,1-4H3,(H2,14,15). The van der Waals surface area contributed by atoms with E-state index in [-0.39, 0.29) is 10.7 Å². The number of sulfonamides is 1. The van der Waals surface area contributed by atoms with E-state index >= 15 is 0 Å². The van der Waals surface area contributed by atoms with Gasteiger partial charge in [-0.25, -0.2) is 18.1 Å². The molecular formula is C13H23N3O2S. The van der Waals surface area contributed by atoms with Gasteiger partial charge in [-0.15, -0.1) is 0 Å². The van der Waals surface area contributed by atoms with Crippen LogP contribution in [0.25, 0.3) is 0 Å². The average Bonchev–Trinajstić information content (AvgIpc) is 2.28. The molecule has 0 aromatic carbocycles. The summed E-state index contributed by atoms with van der Waals surface area (Å²) in [4.78, 5) is 3.95. The number of hydrogen-bond donors (Lipinski definition) is 2. The highest BCUT2D eigenvalue weighted by Gasteiger charge is 2.21. The number of nitrogens with zero attached hydrogens (tertiary/aromatic N) is 1. The molecule has 1 heterocycles. The Morgan fingerprint density at radius 3 is 2.32 bits per heavy atom. The van der Waals surface area contributed by atoms with Crippen molar-refractivity contribution in [2.45, 2.75) is 32.6 Å². The van der Waals surface area contributed by atoms with Gasteiger partial charge < -0.3 is 5.73 Å². The van der Waals surface area contributed by atoms with Crippen molar-refractivity contribution >= 4 is 15.8 Å². The van der Waals surface area contributed by atoms with E-state index in [2.05, 4.69) is 37.4 Å². The molecule has 1 aromatic heterocycles. The fourth-order valence-corrected chi connectivity index (χ4v) is 3.22. The lowest BCUT2D eigenvalue weighted by molar-refractivity contribution is 0.289. The normalized spacial score (nSPS) is 12.6. The molecule has 0 amide bonds. The maximum absolute atomic E-state index is 12.1. The van der Waals surface area contributed by atoms with E-state index in [9.17, 15) is 8.42 Å². The van der Waals surface area contributed by atoms with Crippen LogP contribution in [-0.4, -0.2) is 19.9 Å². The zero-order valence-electron chi connectivity index (χ0n) is 11.9. The molecule has 0 unspecified atom stereocenters. The van der Waals surface area contributed by atoms with Gasteiger partial charge in [-0.2, -0.15) is 0 Å². The first-order chi connectivity index (χ1) is 8.74. The molecule has 1 rings (SSSR count). The molecule has 6 heteroatoms. The third kappa shape index (κ3) is 4.47. The number of nitrogen functional groups attached to an aromatic ring is 1. The predicted octanol–water partition coefficient (Wildman–Crippen LogP) is 1.87. The minimum Gasteiger partial charge on any atom is -0.384 e. The van der Waals surface area contributed by atoms with Gasteiger partial charge in [0.05, 0.1) is 4.90 Å². The Bertz CT molecular complexity index is 504. The van der Waals surface area contributed by atoms with Crippen LogP contribution in [0, 0.1) is 17.8 Å². The van der Waals surface area contributed by atoms with Gasteiger partial charge in [0.1, 0.15) is 5.82 Å². The molecule has 0 atom stereocenters. The Hall–Kier alpha value is -1.14.